The van der Waals surface area contributed by atoms with Crippen molar-refractivity contribution in [2.24, 2.45) is 0 Å². The van der Waals surface area contributed by atoms with E-state index in [0.29, 0.717) is 24.5 Å². The number of hydrogen-bond acceptors (Lipinski definition) is 2. The Morgan fingerprint density at radius 2 is 2.14 bits per heavy atom. The fourth-order valence-corrected chi connectivity index (χ4v) is 2.07. The molecule has 0 amide bonds. The number of fused-ring (bicyclic) bond motifs is 1. The molecule has 0 saturated carbocycles. The second kappa shape index (κ2) is 3.52. The maximum absolute atomic E-state index is 11.3. The Morgan fingerprint density at radius 1 is 1.36 bits per heavy atom. The van der Waals surface area contributed by atoms with Crippen molar-refractivity contribution in [1.82, 2.24) is 4.98 Å². The van der Waals surface area contributed by atoms with Crippen LogP contribution in [0.2, 0.25) is 0 Å². The van der Waals surface area contributed by atoms with Crippen molar-refractivity contribution in [3.05, 3.63) is 29.1 Å². The van der Waals surface area contributed by atoms with E-state index in [2.05, 4.69) is 24.9 Å². The van der Waals surface area contributed by atoms with E-state index in [9.17, 15) is 4.79 Å². The number of pyridine rings is 1. The van der Waals surface area contributed by atoms with Gasteiger partial charge in [-0.25, -0.2) is 0 Å². The van der Waals surface area contributed by atoms with Crippen LogP contribution in [0.15, 0.2) is 12.3 Å². The van der Waals surface area contributed by atoms with Gasteiger partial charge in [0.25, 0.3) is 0 Å². The molecular weight excluding hydrogens is 174 g/mol. The Hall–Kier alpha value is -1.18. The Morgan fingerprint density at radius 3 is 2.86 bits per heavy atom. The number of carbonyl (C=O) groups is 1. The Balaban J connectivity index is 2.46. The summed E-state index contributed by atoms with van der Waals surface area (Å²) < 4.78 is 0. The zero-order chi connectivity index (χ0) is 10.1. The first-order valence-electron chi connectivity index (χ1n) is 5.17. The Kier molecular flexibility index (Phi) is 2.36. The van der Waals surface area contributed by atoms with Crippen molar-refractivity contribution in [2.45, 2.75) is 39.0 Å². The highest BCUT2D eigenvalue weighted by Gasteiger charge is 2.19. The van der Waals surface area contributed by atoms with Gasteiger partial charge in [-0.2, -0.15) is 0 Å². The van der Waals surface area contributed by atoms with E-state index < -0.39 is 0 Å². The zero-order valence-electron chi connectivity index (χ0n) is 8.71. The van der Waals surface area contributed by atoms with Gasteiger partial charge in [-0.15, -0.1) is 0 Å². The molecule has 1 heterocycles. The minimum atomic E-state index is 0.325. The standard InChI is InChI=1S/C12H15NO/c1-8(2)10-5-6-13-12-7-9(14)3-4-11(10)12/h5-6,8H,3-4,7H2,1-2H3. The summed E-state index contributed by atoms with van der Waals surface area (Å²) in [5.74, 6) is 0.853. The van der Waals surface area contributed by atoms with Crippen LogP contribution in [-0.2, 0) is 17.6 Å². The molecule has 1 aromatic heterocycles. The molecule has 0 bridgehead atoms. The molecule has 0 radical (unpaired) electrons. The lowest BCUT2D eigenvalue weighted by Gasteiger charge is -2.19. The highest BCUT2D eigenvalue weighted by Crippen LogP contribution is 2.26. The molecule has 0 atom stereocenters. The van der Waals surface area contributed by atoms with Crippen molar-refractivity contribution in [2.75, 3.05) is 0 Å². The highest BCUT2D eigenvalue weighted by atomic mass is 16.1. The van der Waals surface area contributed by atoms with Crippen LogP contribution in [0.5, 0.6) is 0 Å². The van der Waals surface area contributed by atoms with E-state index in [0.717, 1.165) is 12.1 Å². The average Bonchev–Trinajstić information content (AvgIpc) is 2.16. The van der Waals surface area contributed by atoms with Crippen molar-refractivity contribution in [3.63, 3.8) is 0 Å². The van der Waals surface area contributed by atoms with E-state index >= 15 is 0 Å². The van der Waals surface area contributed by atoms with Gasteiger partial charge in [-0.05, 0) is 29.5 Å². The lowest BCUT2D eigenvalue weighted by Crippen LogP contribution is -2.17. The molecular formula is C12H15NO. The van der Waals surface area contributed by atoms with Gasteiger partial charge in [-0.3, -0.25) is 9.78 Å². The predicted molar refractivity (Wildman–Crippen MR) is 55.4 cm³/mol. The van der Waals surface area contributed by atoms with Gasteiger partial charge >= 0.3 is 0 Å². The molecule has 2 heteroatoms. The highest BCUT2D eigenvalue weighted by molar-refractivity contribution is 5.82. The summed E-state index contributed by atoms with van der Waals surface area (Å²) in [6.07, 6.45) is 3.94. The molecule has 0 unspecified atom stereocenters. The summed E-state index contributed by atoms with van der Waals surface area (Å²) in [6.45, 7) is 4.37. The number of hydrogen-bond donors (Lipinski definition) is 0. The van der Waals surface area contributed by atoms with Crippen molar-refractivity contribution in [1.29, 1.82) is 0 Å². The molecule has 2 nitrogen and oxygen atoms in total. The van der Waals surface area contributed by atoms with Crippen molar-refractivity contribution >= 4 is 5.78 Å². The van der Waals surface area contributed by atoms with Crippen LogP contribution in [0.1, 0.15) is 43.0 Å². The van der Waals surface area contributed by atoms with Crippen LogP contribution >= 0.6 is 0 Å². The molecule has 0 aliphatic heterocycles. The molecule has 14 heavy (non-hydrogen) atoms. The Labute approximate surface area is 84.4 Å². The first-order valence-corrected chi connectivity index (χ1v) is 5.17. The number of carbonyl (C=O) groups excluding carboxylic acids is 1. The third kappa shape index (κ3) is 1.57. The normalized spacial score (nSPS) is 15.8. The number of ketones is 1. The first-order chi connectivity index (χ1) is 6.68. The smallest absolute Gasteiger partial charge is 0.139 e. The van der Waals surface area contributed by atoms with Gasteiger partial charge in [0, 0.05) is 19.0 Å². The minimum absolute atomic E-state index is 0.325. The molecule has 1 aliphatic rings. The van der Waals surface area contributed by atoms with Crippen LogP contribution in [-0.4, -0.2) is 10.8 Å². The van der Waals surface area contributed by atoms with Crippen molar-refractivity contribution in [3.8, 4) is 0 Å². The molecule has 2 rings (SSSR count). The molecule has 0 N–H and O–H groups in total. The fraction of sp³-hybridized carbons (Fsp3) is 0.500. The van der Waals surface area contributed by atoms with Crippen LogP contribution in [0.4, 0.5) is 0 Å². The lowest BCUT2D eigenvalue weighted by atomic mass is 9.87. The lowest BCUT2D eigenvalue weighted by molar-refractivity contribution is -0.118. The number of Topliss-reactive ketones (excluding diaryl/α,β-unsaturated/α-hetero) is 1. The number of aromatic nitrogens is 1. The second-order valence-corrected chi connectivity index (χ2v) is 4.20. The van der Waals surface area contributed by atoms with Gasteiger partial charge in [0.05, 0.1) is 5.69 Å². The monoisotopic (exact) mass is 189 g/mol. The minimum Gasteiger partial charge on any atom is -0.299 e. The number of nitrogens with zero attached hydrogens (tertiary/aromatic N) is 1. The molecule has 0 fully saturated rings. The van der Waals surface area contributed by atoms with E-state index in [-0.39, 0.29) is 0 Å². The maximum Gasteiger partial charge on any atom is 0.139 e. The van der Waals surface area contributed by atoms with E-state index in [4.69, 9.17) is 0 Å². The van der Waals surface area contributed by atoms with E-state index in [1.54, 1.807) is 0 Å². The van der Waals surface area contributed by atoms with Gasteiger partial charge in [0.2, 0.25) is 0 Å². The molecule has 1 aromatic rings. The third-order valence-corrected chi connectivity index (χ3v) is 2.82. The van der Waals surface area contributed by atoms with Crippen LogP contribution in [0, 0.1) is 0 Å². The van der Waals surface area contributed by atoms with E-state index in [1.165, 1.54) is 11.1 Å². The SMILES string of the molecule is CC(C)c1ccnc2c1CCC(=O)C2. The first kappa shape index (κ1) is 9.38. The average molecular weight is 189 g/mol. The molecule has 0 aromatic carbocycles. The quantitative estimate of drug-likeness (QED) is 0.678. The zero-order valence-corrected chi connectivity index (χ0v) is 8.71. The van der Waals surface area contributed by atoms with Gasteiger partial charge in [-0.1, -0.05) is 13.8 Å². The summed E-state index contributed by atoms with van der Waals surface area (Å²) in [7, 11) is 0. The fourth-order valence-electron chi connectivity index (χ4n) is 2.07. The summed E-state index contributed by atoms with van der Waals surface area (Å²) in [4.78, 5) is 15.6. The van der Waals surface area contributed by atoms with E-state index in [1.807, 2.05) is 6.20 Å². The molecule has 0 spiro atoms. The van der Waals surface area contributed by atoms with Gasteiger partial charge in [0.15, 0.2) is 0 Å². The summed E-state index contributed by atoms with van der Waals surface area (Å²) in [6, 6.07) is 2.08. The van der Waals surface area contributed by atoms with Gasteiger partial charge in [0.1, 0.15) is 5.78 Å². The summed E-state index contributed by atoms with van der Waals surface area (Å²) >= 11 is 0. The third-order valence-electron chi connectivity index (χ3n) is 2.82. The maximum atomic E-state index is 11.3. The van der Waals surface area contributed by atoms with Crippen LogP contribution in [0.3, 0.4) is 0 Å². The topological polar surface area (TPSA) is 30.0 Å². The second-order valence-electron chi connectivity index (χ2n) is 4.20. The predicted octanol–water partition coefficient (Wildman–Crippen LogP) is 2.26. The Bertz CT molecular complexity index is 369. The van der Waals surface area contributed by atoms with Crippen LogP contribution in [0.25, 0.3) is 0 Å². The molecule has 1 aliphatic carbocycles. The largest absolute Gasteiger partial charge is 0.299 e. The van der Waals surface area contributed by atoms with Crippen molar-refractivity contribution < 1.29 is 4.79 Å². The number of rotatable bonds is 1. The summed E-state index contributed by atoms with van der Waals surface area (Å²) in [5.41, 5.74) is 3.69. The van der Waals surface area contributed by atoms with Gasteiger partial charge < -0.3 is 0 Å². The summed E-state index contributed by atoms with van der Waals surface area (Å²) in [5, 5.41) is 0. The van der Waals surface area contributed by atoms with Crippen LogP contribution < -0.4 is 0 Å². The molecule has 0 saturated heterocycles. The molecule has 74 valence electrons.